The maximum Gasteiger partial charge on any atom is 0.164 e. The van der Waals surface area contributed by atoms with Gasteiger partial charge in [-0.25, -0.2) is 4.39 Å². The van der Waals surface area contributed by atoms with Gasteiger partial charge in [0.05, 0.1) is 11.9 Å². The molecule has 0 spiro atoms. The van der Waals surface area contributed by atoms with Crippen LogP contribution in [0.25, 0.3) is 0 Å². The Balaban J connectivity index is 2.07. The lowest BCUT2D eigenvalue weighted by Crippen LogP contribution is -2.22. The Bertz CT molecular complexity index is 314. The fourth-order valence-electron chi connectivity index (χ4n) is 2.05. The first-order valence-corrected chi connectivity index (χ1v) is 5.13. The molecule has 0 saturated heterocycles. The Hall–Kier alpha value is -1.12. The standard InChI is InChI=1S/C11H15FN2/c1-8-3-2-4-10(8)14-11-5-6-13-7-9(11)12/h5-8,10H,2-4H2,1H3,(H,13,14). The molecule has 2 atom stereocenters. The number of aromatic nitrogens is 1. The van der Waals surface area contributed by atoms with Gasteiger partial charge >= 0.3 is 0 Å². The second kappa shape index (κ2) is 3.95. The van der Waals surface area contributed by atoms with Crippen LogP contribution < -0.4 is 5.32 Å². The van der Waals surface area contributed by atoms with E-state index in [1.165, 1.54) is 19.0 Å². The van der Waals surface area contributed by atoms with E-state index >= 15 is 0 Å². The van der Waals surface area contributed by atoms with Gasteiger partial charge in [0.1, 0.15) is 0 Å². The fraction of sp³-hybridized carbons (Fsp3) is 0.545. The Labute approximate surface area is 83.6 Å². The average Bonchev–Trinajstić information content (AvgIpc) is 2.56. The molecule has 1 aliphatic rings. The van der Waals surface area contributed by atoms with E-state index in [0.717, 1.165) is 6.42 Å². The van der Waals surface area contributed by atoms with Crippen LogP contribution in [0.2, 0.25) is 0 Å². The topological polar surface area (TPSA) is 24.9 Å². The summed E-state index contributed by atoms with van der Waals surface area (Å²) in [5.41, 5.74) is 0.582. The average molecular weight is 194 g/mol. The molecule has 2 rings (SSSR count). The normalized spacial score (nSPS) is 26.4. The second-order valence-electron chi connectivity index (χ2n) is 4.01. The molecule has 0 bridgehead atoms. The van der Waals surface area contributed by atoms with Crippen molar-refractivity contribution in [3.63, 3.8) is 0 Å². The zero-order valence-corrected chi connectivity index (χ0v) is 8.33. The summed E-state index contributed by atoms with van der Waals surface area (Å²) in [6, 6.07) is 2.12. The van der Waals surface area contributed by atoms with Crippen LogP contribution in [0.4, 0.5) is 10.1 Å². The Kier molecular flexibility index (Phi) is 2.66. The smallest absolute Gasteiger partial charge is 0.164 e. The van der Waals surface area contributed by atoms with E-state index in [0.29, 0.717) is 17.6 Å². The molecule has 1 fully saturated rings. The first kappa shape index (κ1) is 9.44. The highest BCUT2D eigenvalue weighted by Crippen LogP contribution is 2.28. The number of halogens is 1. The fourth-order valence-corrected chi connectivity index (χ4v) is 2.05. The molecule has 1 aliphatic carbocycles. The summed E-state index contributed by atoms with van der Waals surface area (Å²) in [5.74, 6) is 0.383. The first-order valence-electron chi connectivity index (χ1n) is 5.13. The predicted molar refractivity (Wildman–Crippen MR) is 54.6 cm³/mol. The number of nitrogens with one attached hydrogen (secondary N) is 1. The van der Waals surface area contributed by atoms with Crippen LogP contribution in [0.5, 0.6) is 0 Å². The summed E-state index contributed by atoms with van der Waals surface area (Å²) in [4.78, 5) is 3.72. The van der Waals surface area contributed by atoms with Gasteiger partial charge in [-0.05, 0) is 24.8 Å². The molecule has 3 heteroatoms. The third kappa shape index (κ3) is 1.86. The van der Waals surface area contributed by atoms with Crippen molar-refractivity contribution >= 4 is 5.69 Å². The number of pyridine rings is 1. The van der Waals surface area contributed by atoms with E-state index < -0.39 is 0 Å². The van der Waals surface area contributed by atoms with Crippen molar-refractivity contribution in [2.24, 2.45) is 5.92 Å². The third-order valence-corrected chi connectivity index (χ3v) is 2.97. The van der Waals surface area contributed by atoms with Crippen molar-refractivity contribution in [3.05, 3.63) is 24.3 Å². The van der Waals surface area contributed by atoms with E-state index in [4.69, 9.17) is 0 Å². The molecular weight excluding hydrogens is 179 g/mol. The minimum Gasteiger partial charge on any atom is -0.380 e. The zero-order chi connectivity index (χ0) is 9.97. The van der Waals surface area contributed by atoms with Gasteiger partial charge < -0.3 is 5.32 Å². The lowest BCUT2D eigenvalue weighted by Gasteiger charge is -2.18. The minimum atomic E-state index is -0.258. The Morgan fingerprint density at radius 3 is 3.00 bits per heavy atom. The van der Waals surface area contributed by atoms with E-state index in [1.54, 1.807) is 12.3 Å². The summed E-state index contributed by atoms with van der Waals surface area (Å²) in [7, 11) is 0. The molecule has 1 N–H and O–H groups in total. The highest BCUT2D eigenvalue weighted by molar-refractivity contribution is 5.43. The summed E-state index contributed by atoms with van der Waals surface area (Å²) >= 11 is 0. The molecule has 76 valence electrons. The second-order valence-corrected chi connectivity index (χ2v) is 4.01. The van der Waals surface area contributed by atoms with Crippen molar-refractivity contribution in [1.82, 2.24) is 4.98 Å². The number of nitrogens with zero attached hydrogens (tertiary/aromatic N) is 1. The van der Waals surface area contributed by atoms with Crippen LogP contribution in [0.15, 0.2) is 18.5 Å². The summed E-state index contributed by atoms with van der Waals surface area (Å²) in [6.07, 6.45) is 6.49. The van der Waals surface area contributed by atoms with E-state index in [9.17, 15) is 4.39 Å². The summed E-state index contributed by atoms with van der Waals surface area (Å²) < 4.78 is 13.2. The summed E-state index contributed by atoms with van der Waals surface area (Å²) in [6.45, 7) is 2.21. The monoisotopic (exact) mass is 194 g/mol. The Morgan fingerprint density at radius 2 is 2.36 bits per heavy atom. The van der Waals surface area contributed by atoms with Gasteiger partial charge in [-0.3, -0.25) is 4.98 Å². The number of rotatable bonds is 2. The van der Waals surface area contributed by atoms with Gasteiger partial charge in [-0.15, -0.1) is 0 Å². The van der Waals surface area contributed by atoms with Crippen molar-refractivity contribution in [1.29, 1.82) is 0 Å². The van der Waals surface area contributed by atoms with Crippen molar-refractivity contribution in [3.8, 4) is 0 Å². The van der Waals surface area contributed by atoms with Crippen LogP contribution in [-0.4, -0.2) is 11.0 Å². The molecule has 14 heavy (non-hydrogen) atoms. The molecule has 0 radical (unpaired) electrons. The molecule has 1 aromatic heterocycles. The van der Waals surface area contributed by atoms with Gasteiger partial charge in [-0.2, -0.15) is 0 Å². The van der Waals surface area contributed by atoms with Gasteiger partial charge in [0.25, 0.3) is 0 Å². The molecule has 1 heterocycles. The number of anilines is 1. The number of hydrogen-bond donors (Lipinski definition) is 1. The highest BCUT2D eigenvalue weighted by Gasteiger charge is 2.23. The van der Waals surface area contributed by atoms with Gasteiger partial charge in [0.15, 0.2) is 5.82 Å². The lowest BCUT2D eigenvalue weighted by atomic mass is 10.1. The Morgan fingerprint density at radius 1 is 1.50 bits per heavy atom. The predicted octanol–water partition coefficient (Wildman–Crippen LogP) is 2.82. The molecule has 0 aromatic carbocycles. The van der Waals surface area contributed by atoms with Gasteiger partial charge in [0.2, 0.25) is 0 Å². The SMILES string of the molecule is CC1CCCC1Nc1ccncc1F. The van der Waals surface area contributed by atoms with E-state index in [-0.39, 0.29) is 5.82 Å². The molecule has 1 aromatic rings. The molecule has 2 unspecified atom stereocenters. The largest absolute Gasteiger partial charge is 0.380 e. The molecule has 2 nitrogen and oxygen atoms in total. The maximum atomic E-state index is 13.2. The van der Waals surface area contributed by atoms with Gasteiger partial charge in [-0.1, -0.05) is 13.3 Å². The van der Waals surface area contributed by atoms with Crippen LogP contribution in [0.3, 0.4) is 0 Å². The molecule has 0 amide bonds. The van der Waals surface area contributed by atoms with Gasteiger partial charge in [0, 0.05) is 12.2 Å². The first-order chi connectivity index (χ1) is 6.77. The van der Waals surface area contributed by atoms with Crippen molar-refractivity contribution < 1.29 is 4.39 Å². The lowest BCUT2D eigenvalue weighted by molar-refractivity contribution is 0.549. The minimum absolute atomic E-state index is 0.258. The van der Waals surface area contributed by atoms with Crippen molar-refractivity contribution in [2.75, 3.05) is 5.32 Å². The van der Waals surface area contributed by atoms with Crippen LogP contribution in [-0.2, 0) is 0 Å². The third-order valence-electron chi connectivity index (χ3n) is 2.97. The van der Waals surface area contributed by atoms with Crippen molar-refractivity contribution in [2.45, 2.75) is 32.2 Å². The summed E-state index contributed by atoms with van der Waals surface area (Å²) in [5, 5.41) is 3.24. The van der Waals surface area contributed by atoms with Crippen LogP contribution in [0, 0.1) is 11.7 Å². The molecular formula is C11H15FN2. The van der Waals surface area contributed by atoms with E-state index in [1.807, 2.05) is 0 Å². The zero-order valence-electron chi connectivity index (χ0n) is 8.33. The van der Waals surface area contributed by atoms with Crippen LogP contribution in [0.1, 0.15) is 26.2 Å². The maximum absolute atomic E-state index is 13.2. The molecule has 0 aliphatic heterocycles. The highest BCUT2D eigenvalue weighted by atomic mass is 19.1. The number of hydrogen-bond acceptors (Lipinski definition) is 2. The quantitative estimate of drug-likeness (QED) is 0.783. The van der Waals surface area contributed by atoms with E-state index in [2.05, 4.69) is 17.2 Å². The van der Waals surface area contributed by atoms with Crippen LogP contribution >= 0.6 is 0 Å². The molecule has 1 saturated carbocycles.